The molecule has 1 saturated heterocycles. The van der Waals surface area contributed by atoms with Gasteiger partial charge in [-0.05, 0) is 44.0 Å². The van der Waals surface area contributed by atoms with Crippen LogP contribution in [0.5, 0.6) is 5.75 Å². The number of aromatic hydroxyl groups is 1. The van der Waals surface area contributed by atoms with Crippen molar-refractivity contribution in [3.05, 3.63) is 30.2 Å². The number of hydrogen-bond acceptors (Lipinski definition) is 4. The van der Waals surface area contributed by atoms with E-state index in [0.29, 0.717) is 5.92 Å². The van der Waals surface area contributed by atoms with E-state index >= 15 is 0 Å². The van der Waals surface area contributed by atoms with Crippen LogP contribution in [0.15, 0.2) is 24.5 Å². The van der Waals surface area contributed by atoms with Gasteiger partial charge in [0.05, 0.1) is 11.2 Å². The molecule has 0 saturated carbocycles. The fraction of sp³-hybridized carbons (Fsp3) is 0.385. The van der Waals surface area contributed by atoms with E-state index in [1.54, 1.807) is 18.5 Å². The van der Waals surface area contributed by atoms with E-state index in [2.05, 4.69) is 15.3 Å². The van der Waals surface area contributed by atoms with Gasteiger partial charge in [0.15, 0.2) is 0 Å². The van der Waals surface area contributed by atoms with Gasteiger partial charge < -0.3 is 10.4 Å². The molecule has 4 nitrogen and oxygen atoms in total. The summed E-state index contributed by atoms with van der Waals surface area (Å²) in [7, 11) is 0. The lowest BCUT2D eigenvalue weighted by Crippen LogP contribution is -2.11. The second-order valence-electron chi connectivity index (χ2n) is 4.58. The summed E-state index contributed by atoms with van der Waals surface area (Å²) in [4.78, 5) is 8.57. The molecule has 88 valence electrons. The van der Waals surface area contributed by atoms with Crippen LogP contribution in [0.1, 0.15) is 12.1 Å². The van der Waals surface area contributed by atoms with Gasteiger partial charge in [-0.15, -0.1) is 0 Å². The third-order valence-electron chi connectivity index (χ3n) is 3.35. The van der Waals surface area contributed by atoms with Gasteiger partial charge in [0, 0.05) is 11.5 Å². The van der Waals surface area contributed by atoms with Crippen molar-refractivity contribution in [1.29, 1.82) is 0 Å². The number of hydrogen-bond donors (Lipinski definition) is 2. The SMILES string of the molecule is Oc1ccc2c(CC3CCNC3)ncnc2c1. The summed E-state index contributed by atoms with van der Waals surface area (Å²) in [6.07, 6.45) is 3.78. The topological polar surface area (TPSA) is 58.0 Å². The monoisotopic (exact) mass is 229 g/mol. The van der Waals surface area contributed by atoms with E-state index in [9.17, 15) is 5.11 Å². The van der Waals surface area contributed by atoms with Gasteiger partial charge in [0.1, 0.15) is 12.1 Å². The van der Waals surface area contributed by atoms with E-state index in [0.717, 1.165) is 36.1 Å². The van der Waals surface area contributed by atoms with Crippen LogP contribution in [0.3, 0.4) is 0 Å². The number of phenolic OH excluding ortho intramolecular Hbond substituents is 1. The minimum Gasteiger partial charge on any atom is -0.508 e. The zero-order chi connectivity index (χ0) is 11.7. The van der Waals surface area contributed by atoms with Crippen LogP contribution in [0, 0.1) is 5.92 Å². The Morgan fingerprint density at radius 3 is 3.12 bits per heavy atom. The maximum atomic E-state index is 9.43. The van der Waals surface area contributed by atoms with Gasteiger partial charge >= 0.3 is 0 Å². The van der Waals surface area contributed by atoms with Gasteiger partial charge in [-0.25, -0.2) is 9.97 Å². The molecule has 3 rings (SSSR count). The number of benzene rings is 1. The van der Waals surface area contributed by atoms with E-state index in [1.807, 2.05) is 6.07 Å². The van der Waals surface area contributed by atoms with Crippen molar-refractivity contribution >= 4 is 10.9 Å². The lowest BCUT2D eigenvalue weighted by atomic mass is 10.00. The third-order valence-corrected chi connectivity index (χ3v) is 3.35. The second kappa shape index (κ2) is 4.30. The highest BCUT2D eigenvalue weighted by atomic mass is 16.3. The van der Waals surface area contributed by atoms with Crippen LogP contribution in [0.25, 0.3) is 10.9 Å². The van der Waals surface area contributed by atoms with E-state index in [1.165, 1.54) is 6.42 Å². The summed E-state index contributed by atoms with van der Waals surface area (Å²) in [5, 5.41) is 13.9. The number of nitrogens with zero attached hydrogens (tertiary/aromatic N) is 2. The molecule has 17 heavy (non-hydrogen) atoms. The minimum atomic E-state index is 0.254. The fourth-order valence-corrected chi connectivity index (χ4v) is 2.43. The molecule has 0 aliphatic carbocycles. The van der Waals surface area contributed by atoms with E-state index < -0.39 is 0 Å². The van der Waals surface area contributed by atoms with E-state index in [4.69, 9.17) is 0 Å². The first-order valence-corrected chi connectivity index (χ1v) is 5.96. The third kappa shape index (κ3) is 2.08. The van der Waals surface area contributed by atoms with Crippen LogP contribution in [0.2, 0.25) is 0 Å². The average Bonchev–Trinajstić information content (AvgIpc) is 2.82. The predicted molar refractivity (Wildman–Crippen MR) is 65.9 cm³/mol. The smallest absolute Gasteiger partial charge is 0.117 e. The number of nitrogens with one attached hydrogen (secondary N) is 1. The molecule has 2 aromatic rings. The van der Waals surface area contributed by atoms with Crippen LogP contribution >= 0.6 is 0 Å². The van der Waals surface area contributed by atoms with Crippen molar-refractivity contribution < 1.29 is 5.11 Å². The molecule has 0 spiro atoms. The van der Waals surface area contributed by atoms with Crippen molar-refractivity contribution in [2.24, 2.45) is 5.92 Å². The Balaban J connectivity index is 1.97. The average molecular weight is 229 g/mol. The van der Waals surface area contributed by atoms with Crippen molar-refractivity contribution in [2.75, 3.05) is 13.1 Å². The quantitative estimate of drug-likeness (QED) is 0.819. The largest absolute Gasteiger partial charge is 0.508 e. The van der Waals surface area contributed by atoms with Crippen molar-refractivity contribution in [1.82, 2.24) is 15.3 Å². The van der Waals surface area contributed by atoms with Crippen molar-refractivity contribution in [3.63, 3.8) is 0 Å². The highest BCUT2D eigenvalue weighted by Crippen LogP contribution is 2.23. The summed E-state index contributed by atoms with van der Waals surface area (Å²) in [5.41, 5.74) is 1.91. The molecule has 1 atom stereocenters. The summed E-state index contributed by atoms with van der Waals surface area (Å²) in [6, 6.07) is 5.29. The van der Waals surface area contributed by atoms with Crippen LogP contribution in [0.4, 0.5) is 0 Å². The Labute approximate surface area is 99.7 Å². The van der Waals surface area contributed by atoms with Gasteiger partial charge in [-0.3, -0.25) is 0 Å². The summed E-state index contributed by atoms with van der Waals surface area (Å²) < 4.78 is 0. The van der Waals surface area contributed by atoms with Crippen molar-refractivity contribution in [2.45, 2.75) is 12.8 Å². The molecule has 0 radical (unpaired) electrons. The number of fused-ring (bicyclic) bond motifs is 1. The Morgan fingerprint density at radius 1 is 1.35 bits per heavy atom. The second-order valence-corrected chi connectivity index (χ2v) is 4.58. The predicted octanol–water partition coefficient (Wildman–Crippen LogP) is 1.49. The molecule has 0 bridgehead atoms. The Morgan fingerprint density at radius 2 is 2.29 bits per heavy atom. The Bertz CT molecular complexity index is 535. The van der Waals surface area contributed by atoms with Crippen molar-refractivity contribution in [3.8, 4) is 5.75 Å². The van der Waals surface area contributed by atoms with Gasteiger partial charge in [-0.1, -0.05) is 0 Å². The molecule has 0 amide bonds. The number of phenols is 1. The fourth-order valence-electron chi connectivity index (χ4n) is 2.43. The Hall–Kier alpha value is -1.68. The molecule has 1 aliphatic heterocycles. The zero-order valence-electron chi connectivity index (χ0n) is 9.56. The van der Waals surface area contributed by atoms with Gasteiger partial charge in [0.25, 0.3) is 0 Å². The molecule has 1 fully saturated rings. The normalized spacial score (nSPS) is 19.9. The lowest BCUT2D eigenvalue weighted by molar-refractivity contribution is 0.476. The van der Waals surface area contributed by atoms with Crippen LogP contribution in [-0.4, -0.2) is 28.2 Å². The highest BCUT2D eigenvalue weighted by molar-refractivity contribution is 5.81. The van der Waals surface area contributed by atoms with Gasteiger partial charge in [-0.2, -0.15) is 0 Å². The molecule has 1 unspecified atom stereocenters. The standard InChI is InChI=1S/C13H15N3O/c17-10-1-2-11-12(5-9-3-4-14-7-9)15-8-16-13(11)6-10/h1-2,6,8-9,14,17H,3-5,7H2. The summed E-state index contributed by atoms with van der Waals surface area (Å²) >= 11 is 0. The number of aromatic nitrogens is 2. The van der Waals surface area contributed by atoms with Crippen LogP contribution in [-0.2, 0) is 6.42 Å². The molecule has 2 N–H and O–H groups in total. The number of rotatable bonds is 2. The first-order valence-electron chi connectivity index (χ1n) is 5.96. The lowest BCUT2D eigenvalue weighted by Gasteiger charge is -2.09. The summed E-state index contributed by atoms with van der Waals surface area (Å²) in [5.74, 6) is 0.923. The molecule has 1 aliphatic rings. The molecular formula is C13H15N3O. The zero-order valence-corrected chi connectivity index (χ0v) is 9.56. The minimum absolute atomic E-state index is 0.254. The molecule has 1 aromatic carbocycles. The molecule has 4 heteroatoms. The Kier molecular flexibility index (Phi) is 2.65. The van der Waals surface area contributed by atoms with Crippen LogP contribution < -0.4 is 5.32 Å². The first-order chi connectivity index (χ1) is 8.33. The van der Waals surface area contributed by atoms with Gasteiger partial charge in [0.2, 0.25) is 0 Å². The maximum absolute atomic E-state index is 9.43. The maximum Gasteiger partial charge on any atom is 0.117 e. The molecular weight excluding hydrogens is 214 g/mol. The molecule has 1 aromatic heterocycles. The highest BCUT2D eigenvalue weighted by Gasteiger charge is 2.17. The molecule has 2 heterocycles. The first kappa shape index (κ1) is 10.5. The summed E-state index contributed by atoms with van der Waals surface area (Å²) in [6.45, 7) is 2.18. The van der Waals surface area contributed by atoms with E-state index in [-0.39, 0.29) is 5.75 Å².